The van der Waals surface area contributed by atoms with Crippen molar-refractivity contribution < 1.29 is 37.0 Å². The first-order chi connectivity index (χ1) is 7.86. The summed E-state index contributed by atoms with van der Waals surface area (Å²) in [4.78, 5) is 0. The van der Waals surface area contributed by atoms with Crippen LogP contribution in [0, 0.1) is 6.92 Å². The Morgan fingerprint density at radius 2 is 1.41 bits per heavy atom. The molecule has 4 heteroatoms. The van der Waals surface area contributed by atoms with Crippen molar-refractivity contribution in [2.24, 2.45) is 0 Å². The van der Waals surface area contributed by atoms with Crippen LogP contribution >= 0.6 is 0 Å². The molecule has 0 heterocycles. The van der Waals surface area contributed by atoms with Crippen molar-refractivity contribution >= 4 is 10.8 Å². The van der Waals surface area contributed by atoms with Crippen molar-refractivity contribution in [2.45, 2.75) is 6.92 Å². The van der Waals surface area contributed by atoms with Crippen LogP contribution in [-0.2, 0) is 21.7 Å². The summed E-state index contributed by atoms with van der Waals surface area (Å²) in [6.07, 6.45) is 0. The number of aryl methyl sites for hydroxylation is 1. The molecule has 2 rings (SSSR count). The Hall–Kier alpha value is -0.576. The zero-order chi connectivity index (χ0) is 13.0. The van der Waals surface area contributed by atoms with Gasteiger partial charge in [0.15, 0.2) is 0 Å². The van der Waals surface area contributed by atoms with Crippen LogP contribution in [0.2, 0.25) is 0 Å². The Balaban J connectivity index is -0.000000248. The molecule has 2 aromatic rings. The van der Waals surface area contributed by atoms with Crippen LogP contribution in [0.1, 0.15) is 5.56 Å². The Kier molecular flexibility index (Phi) is 19.7. The first-order valence-electron chi connectivity index (χ1n) is 4.71. The molecule has 0 saturated carbocycles. The summed E-state index contributed by atoms with van der Waals surface area (Å²) in [7, 11) is 2.25. The maximum Gasteiger partial charge on any atom is 4.00 e. The Morgan fingerprint density at radius 1 is 0.882 bits per heavy atom. The van der Waals surface area contributed by atoms with Gasteiger partial charge in [-0.05, 0) is 6.92 Å². The van der Waals surface area contributed by atoms with E-state index in [-0.39, 0.29) is 21.7 Å². The zero-order valence-electron chi connectivity index (χ0n) is 10.7. The number of hydrogen-bond acceptors (Lipinski definition) is 3. The van der Waals surface area contributed by atoms with Crippen molar-refractivity contribution in [3.05, 3.63) is 42.0 Å². The summed E-state index contributed by atoms with van der Waals surface area (Å²) < 4.78 is 0. The van der Waals surface area contributed by atoms with E-state index in [9.17, 15) is 0 Å². The molecule has 0 saturated heterocycles. The van der Waals surface area contributed by atoms with Crippen LogP contribution in [0.15, 0.2) is 36.4 Å². The molecule has 0 spiro atoms. The molecule has 0 N–H and O–H groups in total. The van der Waals surface area contributed by atoms with Gasteiger partial charge in [0.05, 0.1) is 0 Å². The number of fused-ring (bicyclic) bond motifs is 1. The second-order valence-electron chi connectivity index (χ2n) is 2.66. The minimum Gasteiger partial charge on any atom is -0.857 e. The molecular formula is C13H18O3Ti. The van der Waals surface area contributed by atoms with E-state index in [4.69, 9.17) is 15.3 Å². The normalized spacial score (nSPS) is 7.24. The summed E-state index contributed by atoms with van der Waals surface area (Å²) in [5.41, 5.74) is 1.33. The summed E-state index contributed by atoms with van der Waals surface area (Å²) in [5, 5.41) is 27.4. The first-order valence-corrected chi connectivity index (χ1v) is 4.71. The van der Waals surface area contributed by atoms with E-state index in [1.807, 2.05) is 0 Å². The predicted molar refractivity (Wildman–Crippen MR) is 62.1 cm³/mol. The fraction of sp³-hybridized carbons (Fsp3) is 0.308. The van der Waals surface area contributed by atoms with Crippen molar-refractivity contribution in [3.8, 4) is 0 Å². The Morgan fingerprint density at radius 3 is 1.94 bits per heavy atom. The molecule has 3 nitrogen and oxygen atoms in total. The molecule has 0 aliphatic rings. The number of rotatable bonds is 0. The molecule has 92 valence electrons. The molecule has 0 radical (unpaired) electrons. The largest absolute Gasteiger partial charge is 4.00 e. The van der Waals surface area contributed by atoms with Crippen LogP contribution in [0.5, 0.6) is 0 Å². The van der Waals surface area contributed by atoms with Crippen LogP contribution in [0.3, 0.4) is 0 Å². The number of hydrogen-bond donors (Lipinski definition) is 0. The summed E-state index contributed by atoms with van der Waals surface area (Å²) >= 11 is 0. The van der Waals surface area contributed by atoms with Gasteiger partial charge in [-0.2, -0.15) is 38.8 Å². The van der Waals surface area contributed by atoms with E-state index in [1.165, 1.54) is 16.3 Å². The Bertz CT molecular complexity index is 358. The third kappa shape index (κ3) is 8.19. The molecule has 0 atom stereocenters. The fourth-order valence-electron chi connectivity index (χ4n) is 1.25. The van der Waals surface area contributed by atoms with Gasteiger partial charge in [-0.15, -0.1) is 29.7 Å². The molecular weight excluding hydrogens is 252 g/mol. The molecule has 0 unspecified atom stereocenters. The van der Waals surface area contributed by atoms with Gasteiger partial charge in [-0.3, -0.25) is 0 Å². The molecule has 0 aliphatic heterocycles. The van der Waals surface area contributed by atoms with E-state index >= 15 is 0 Å². The molecule has 0 aromatic heterocycles. The van der Waals surface area contributed by atoms with Crippen molar-refractivity contribution in [1.29, 1.82) is 0 Å². The molecule has 0 bridgehead atoms. The standard InChI is InChI=1S/C10H9.3CH3O.Ti/c1-8-5-6-9-3-2-4-10(9)7-8;3*1-2;/h2-7H,1H3;3*1H3;/q4*-1;+4. The second kappa shape index (κ2) is 15.4. The smallest absolute Gasteiger partial charge is 0.857 e. The average Bonchev–Trinajstić information content (AvgIpc) is 2.84. The predicted octanol–water partition coefficient (Wildman–Crippen LogP) is -0.206. The van der Waals surface area contributed by atoms with Crippen LogP contribution in [-0.4, -0.2) is 21.3 Å². The van der Waals surface area contributed by atoms with Crippen LogP contribution in [0.25, 0.3) is 10.8 Å². The van der Waals surface area contributed by atoms with Gasteiger partial charge in [0, 0.05) is 0 Å². The molecule has 2 aromatic carbocycles. The summed E-state index contributed by atoms with van der Waals surface area (Å²) in [6.45, 7) is 2.12. The van der Waals surface area contributed by atoms with Crippen molar-refractivity contribution in [1.82, 2.24) is 0 Å². The minimum absolute atomic E-state index is 0. The van der Waals surface area contributed by atoms with Gasteiger partial charge in [0.2, 0.25) is 0 Å². The average molecular weight is 270 g/mol. The van der Waals surface area contributed by atoms with E-state index < -0.39 is 0 Å². The third-order valence-corrected chi connectivity index (χ3v) is 1.79. The third-order valence-electron chi connectivity index (χ3n) is 1.79. The SMILES string of the molecule is C[O-].C[O-].C[O-].Cc1ccc2[cH-]ccc2c1.[Ti+4]. The molecule has 17 heavy (non-hydrogen) atoms. The Labute approximate surface area is 118 Å². The van der Waals surface area contributed by atoms with Crippen molar-refractivity contribution in [2.75, 3.05) is 21.3 Å². The number of benzene rings is 1. The van der Waals surface area contributed by atoms with Crippen LogP contribution in [0.4, 0.5) is 0 Å². The molecule has 0 fully saturated rings. The van der Waals surface area contributed by atoms with Gasteiger partial charge in [-0.1, -0.05) is 5.56 Å². The zero-order valence-corrected chi connectivity index (χ0v) is 12.3. The van der Waals surface area contributed by atoms with E-state index in [0.29, 0.717) is 0 Å². The molecule has 0 aliphatic carbocycles. The van der Waals surface area contributed by atoms with E-state index in [2.05, 4.69) is 43.3 Å². The summed E-state index contributed by atoms with van der Waals surface area (Å²) in [5.74, 6) is 0. The quantitative estimate of drug-likeness (QED) is 0.491. The van der Waals surface area contributed by atoms with Crippen LogP contribution < -0.4 is 15.3 Å². The van der Waals surface area contributed by atoms with E-state index in [1.54, 1.807) is 0 Å². The fourth-order valence-corrected chi connectivity index (χ4v) is 1.25. The van der Waals surface area contributed by atoms with Gasteiger partial charge >= 0.3 is 21.7 Å². The monoisotopic (exact) mass is 270 g/mol. The maximum atomic E-state index is 8.25. The van der Waals surface area contributed by atoms with Gasteiger partial charge in [0.25, 0.3) is 0 Å². The second-order valence-corrected chi connectivity index (χ2v) is 2.66. The van der Waals surface area contributed by atoms with Gasteiger partial charge in [-0.25, -0.2) is 0 Å². The van der Waals surface area contributed by atoms with Gasteiger partial charge in [0.1, 0.15) is 0 Å². The maximum absolute atomic E-state index is 8.25. The topological polar surface area (TPSA) is 69.2 Å². The van der Waals surface area contributed by atoms with Crippen molar-refractivity contribution in [3.63, 3.8) is 0 Å². The minimum atomic E-state index is 0. The van der Waals surface area contributed by atoms with Gasteiger partial charge < -0.3 is 15.3 Å². The summed E-state index contributed by atoms with van der Waals surface area (Å²) in [6, 6.07) is 12.9. The van der Waals surface area contributed by atoms with E-state index in [0.717, 1.165) is 21.3 Å². The first kappa shape index (κ1) is 21.7. The molecule has 0 amide bonds.